The molecule has 0 spiro atoms. The van der Waals surface area contributed by atoms with E-state index < -0.39 is 26.6 Å². The van der Waals surface area contributed by atoms with Gasteiger partial charge in [-0.05, 0) is 35.9 Å². The predicted octanol–water partition coefficient (Wildman–Crippen LogP) is 4.98. The lowest BCUT2D eigenvalue weighted by Gasteiger charge is -2.35. The Morgan fingerprint density at radius 1 is 0.968 bits per heavy atom. The lowest BCUT2D eigenvalue weighted by Crippen LogP contribution is -2.51. The highest BCUT2D eigenvalue weighted by atomic mass is 79.9. The van der Waals surface area contributed by atoms with E-state index in [0.29, 0.717) is 5.56 Å². The lowest BCUT2D eigenvalue weighted by molar-refractivity contribution is -0.137. The van der Waals surface area contributed by atoms with E-state index in [1.54, 1.807) is 0 Å². The molecule has 5 nitrogen and oxygen atoms in total. The number of alkyl halides is 4. The van der Waals surface area contributed by atoms with Crippen LogP contribution < -0.4 is 0 Å². The molecular weight excluding hydrogens is 544 g/mol. The number of benzene rings is 2. The average molecular weight is 560 g/mol. The Kier molecular flexibility index (Phi) is 7.27. The number of nitrogens with zero attached hydrogens (tertiary/aromatic N) is 2. The Morgan fingerprint density at radius 2 is 1.48 bits per heavy atom. The predicted molar refractivity (Wildman–Crippen MR) is 115 cm³/mol. The zero-order chi connectivity index (χ0) is 23.0. The first-order valence-electron chi connectivity index (χ1n) is 8.96. The summed E-state index contributed by atoms with van der Waals surface area (Å²) in [6, 6.07) is 8.34. The van der Waals surface area contributed by atoms with Crippen LogP contribution in [0.5, 0.6) is 0 Å². The summed E-state index contributed by atoms with van der Waals surface area (Å²) >= 11 is 15.0. The summed E-state index contributed by atoms with van der Waals surface area (Å²) in [6.07, 6.45) is -4.46. The second kappa shape index (κ2) is 9.27. The molecule has 0 radical (unpaired) electrons. The summed E-state index contributed by atoms with van der Waals surface area (Å²) in [5, 5.41) is 0.386. The van der Waals surface area contributed by atoms with E-state index in [2.05, 4.69) is 15.9 Å². The molecule has 12 heteroatoms. The fourth-order valence-corrected chi connectivity index (χ4v) is 5.86. The van der Waals surface area contributed by atoms with Crippen molar-refractivity contribution in [3.63, 3.8) is 0 Å². The smallest absolute Gasteiger partial charge is 0.339 e. The maximum Gasteiger partial charge on any atom is 0.416 e. The first-order valence-corrected chi connectivity index (χ1v) is 12.1. The molecular formula is C19H16BrCl2F3N2O3S. The van der Waals surface area contributed by atoms with Crippen molar-refractivity contribution in [1.82, 2.24) is 9.21 Å². The molecule has 3 rings (SSSR count). The van der Waals surface area contributed by atoms with Crippen LogP contribution in [-0.4, -0.2) is 49.7 Å². The molecule has 1 amide bonds. The fourth-order valence-electron chi connectivity index (χ4n) is 3.12. The van der Waals surface area contributed by atoms with E-state index in [0.717, 1.165) is 12.1 Å². The Hall–Kier alpha value is -1.33. The number of piperazine rings is 1. The molecule has 1 aliphatic rings. The summed E-state index contributed by atoms with van der Waals surface area (Å²) in [7, 11) is -3.84. The highest BCUT2D eigenvalue weighted by molar-refractivity contribution is 9.09. The van der Waals surface area contributed by atoms with Crippen molar-refractivity contribution in [3.8, 4) is 0 Å². The van der Waals surface area contributed by atoms with Crippen LogP contribution in [0.1, 0.15) is 16.0 Å². The normalized spacial score (nSPS) is 16.9. The fraction of sp³-hybridized carbons (Fsp3) is 0.316. The largest absolute Gasteiger partial charge is 0.416 e. The second-order valence-electron chi connectivity index (χ2n) is 6.82. The summed E-state index contributed by atoms with van der Waals surface area (Å²) in [5.41, 5.74) is -0.426. The van der Waals surface area contributed by atoms with Gasteiger partial charge in [0.1, 0.15) is 4.83 Å². The van der Waals surface area contributed by atoms with Gasteiger partial charge in [0.05, 0.1) is 10.5 Å². The molecule has 1 heterocycles. The summed E-state index contributed by atoms with van der Waals surface area (Å²) in [4.78, 5) is 13.3. The van der Waals surface area contributed by atoms with E-state index in [1.165, 1.54) is 39.5 Å². The van der Waals surface area contributed by atoms with E-state index in [-0.39, 0.29) is 47.0 Å². The monoisotopic (exact) mass is 558 g/mol. The standard InChI is InChI=1S/C19H16BrCl2F3N2O3S/c20-17(12-1-3-13(4-2-12)19(23,24)25)18(28)26-5-7-27(8-6-26)31(29,30)16-10-14(21)9-15(22)11-16/h1-4,9-11,17H,5-8H2. The third-order valence-electron chi connectivity index (χ3n) is 4.77. The van der Waals surface area contributed by atoms with Gasteiger partial charge in [0.15, 0.2) is 0 Å². The molecule has 1 aliphatic heterocycles. The maximum atomic E-state index is 12.8. The number of amides is 1. The van der Waals surface area contributed by atoms with Gasteiger partial charge < -0.3 is 4.90 Å². The summed E-state index contributed by atoms with van der Waals surface area (Å²) in [6.45, 7) is 0.389. The molecule has 1 atom stereocenters. The van der Waals surface area contributed by atoms with Crippen LogP contribution in [0, 0.1) is 0 Å². The van der Waals surface area contributed by atoms with Crippen LogP contribution in [0.3, 0.4) is 0 Å². The van der Waals surface area contributed by atoms with Crippen LogP contribution >= 0.6 is 39.1 Å². The zero-order valence-corrected chi connectivity index (χ0v) is 19.7. The number of carbonyl (C=O) groups excluding carboxylic acids is 1. The van der Waals surface area contributed by atoms with Gasteiger partial charge in [-0.3, -0.25) is 4.79 Å². The molecule has 0 saturated carbocycles. The average Bonchev–Trinajstić information content (AvgIpc) is 2.71. The number of rotatable bonds is 4. The van der Waals surface area contributed by atoms with E-state index in [9.17, 15) is 26.4 Å². The first-order chi connectivity index (χ1) is 14.4. The molecule has 2 aromatic rings. The number of hydrogen-bond acceptors (Lipinski definition) is 3. The van der Waals surface area contributed by atoms with Crippen LogP contribution in [-0.2, 0) is 21.0 Å². The minimum absolute atomic E-state index is 0.0344. The van der Waals surface area contributed by atoms with Crippen molar-refractivity contribution in [2.45, 2.75) is 15.9 Å². The molecule has 0 aliphatic carbocycles. The Balaban J connectivity index is 1.66. The highest BCUT2D eigenvalue weighted by Crippen LogP contribution is 2.32. The highest BCUT2D eigenvalue weighted by Gasteiger charge is 2.34. The van der Waals surface area contributed by atoms with Crippen molar-refractivity contribution in [2.24, 2.45) is 0 Å². The molecule has 1 unspecified atom stereocenters. The van der Waals surface area contributed by atoms with Gasteiger partial charge in [0.2, 0.25) is 15.9 Å². The van der Waals surface area contributed by atoms with E-state index >= 15 is 0 Å². The van der Waals surface area contributed by atoms with Crippen molar-refractivity contribution in [3.05, 3.63) is 63.6 Å². The quantitative estimate of drug-likeness (QED) is 0.496. The third-order valence-corrected chi connectivity index (χ3v) is 8.00. The molecule has 1 saturated heterocycles. The van der Waals surface area contributed by atoms with Crippen molar-refractivity contribution in [2.75, 3.05) is 26.2 Å². The number of halogens is 6. The number of hydrogen-bond donors (Lipinski definition) is 0. The Labute approximate surface area is 195 Å². The SMILES string of the molecule is O=C(C(Br)c1ccc(C(F)(F)F)cc1)N1CCN(S(=O)(=O)c2cc(Cl)cc(Cl)c2)CC1. The number of carbonyl (C=O) groups is 1. The van der Waals surface area contributed by atoms with Gasteiger partial charge in [0, 0.05) is 36.2 Å². The van der Waals surface area contributed by atoms with Gasteiger partial charge in [-0.25, -0.2) is 8.42 Å². The van der Waals surface area contributed by atoms with E-state index in [1.807, 2.05) is 0 Å². The van der Waals surface area contributed by atoms with Crippen LogP contribution in [0.15, 0.2) is 47.4 Å². The third kappa shape index (κ3) is 5.54. The Morgan fingerprint density at radius 3 is 1.97 bits per heavy atom. The van der Waals surface area contributed by atoms with Crippen molar-refractivity contribution < 1.29 is 26.4 Å². The summed E-state index contributed by atoms with van der Waals surface area (Å²) in [5.74, 6) is -0.359. The molecule has 168 valence electrons. The Bertz CT molecular complexity index is 1050. The molecule has 0 N–H and O–H groups in total. The van der Waals surface area contributed by atoms with Crippen LogP contribution in [0.4, 0.5) is 13.2 Å². The van der Waals surface area contributed by atoms with Crippen LogP contribution in [0.2, 0.25) is 10.0 Å². The van der Waals surface area contributed by atoms with Gasteiger partial charge in [0.25, 0.3) is 0 Å². The van der Waals surface area contributed by atoms with Crippen molar-refractivity contribution in [1.29, 1.82) is 0 Å². The zero-order valence-electron chi connectivity index (χ0n) is 15.7. The van der Waals surface area contributed by atoms with Gasteiger partial charge >= 0.3 is 6.18 Å². The molecule has 1 fully saturated rings. The maximum absolute atomic E-state index is 12.8. The van der Waals surface area contributed by atoms with Crippen molar-refractivity contribution >= 4 is 55.1 Å². The molecule has 0 aromatic heterocycles. The molecule has 0 bridgehead atoms. The van der Waals surface area contributed by atoms with Gasteiger partial charge in [-0.15, -0.1) is 0 Å². The van der Waals surface area contributed by atoms with Gasteiger partial charge in [-0.1, -0.05) is 51.3 Å². The molecule has 2 aromatic carbocycles. The minimum atomic E-state index is -4.46. The second-order valence-corrected chi connectivity index (χ2v) is 10.5. The first kappa shape index (κ1) is 24.3. The van der Waals surface area contributed by atoms with Gasteiger partial charge in [-0.2, -0.15) is 17.5 Å². The summed E-state index contributed by atoms with van der Waals surface area (Å²) < 4.78 is 65.1. The lowest BCUT2D eigenvalue weighted by atomic mass is 10.1. The minimum Gasteiger partial charge on any atom is -0.339 e. The van der Waals surface area contributed by atoms with E-state index in [4.69, 9.17) is 23.2 Å². The number of sulfonamides is 1. The molecule has 31 heavy (non-hydrogen) atoms. The topological polar surface area (TPSA) is 57.7 Å². The van der Waals surface area contributed by atoms with Crippen LogP contribution in [0.25, 0.3) is 0 Å².